The van der Waals surface area contributed by atoms with E-state index in [9.17, 15) is 14.0 Å². The highest BCUT2D eigenvalue weighted by Crippen LogP contribution is 2.36. The number of carbonyl (C=O) groups excluding carboxylic acids is 2. The number of amides is 3. The summed E-state index contributed by atoms with van der Waals surface area (Å²) >= 11 is 5.97. The molecule has 0 aromatic heterocycles. The van der Waals surface area contributed by atoms with Crippen molar-refractivity contribution in [1.82, 2.24) is 14.7 Å². The van der Waals surface area contributed by atoms with Gasteiger partial charge < -0.3 is 19.9 Å². The molecule has 2 aromatic rings. The number of halogens is 2. The fourth-order valence-corrected chi connectivity index (χ4v) is 5.08. The van der Waals surface area contributed by atoms with E-state index in [-0.39, 0.29) is 29.3 Å². The topological polar surface area (TPSA) is 65.1 Å². The average molecular weight is 459 g/mol. The summed E-state index contributed by atoms with van der Waals surface area (Å²) in [5, 5.41) is 3.40. The highest BCUT2D eigenvalue weighted by atomic mass is 35.5. The summed E-state index contributed by atoms with van der Waals surface area (Å²) in [6, 6.07) is 12.5. The van der Waals surface area contributed by atoms with Crippen molar-refractivity contribution in [2.75, 3.05) is 51.3 Å². The Balaban J connectivity index is 1.30. The first-order valence-corrected chi connectivity index (χ1v) is 11.0. The summed E-state index contributed by atoms with van der Waals surface area (Å²) in [4.78, 5) is 31.9. The van der Waals surface area contributed by atoms with Crippen molar-refractivity contribution in [3.05, 3.63) is 64.9 Å². The lowest BCUT2D eigenvalue weighted by molar-refractivity contribution is -0.147. The Labute approximate surface area is 190 Å². The monoisotopic (exact) mass is 458 g/mol. The first-order valence-electron chi connectivity index (χ1n) is 10.6. The van der Waals surface area contributed by atoms with Gasteiger partial charge in [-0.2, -0.15) is 0 Å². The van der Waals surface area contributed by atoms with E-state index in [1.165, 1.54) is 24.3 Å². The number of hydrogen-bond donors (Lipinski definition) is 1. The van der Waals surface area contributed by atoms with E-state index in [0.29, 0.717) is 55.7 Å². The maximum Gasteiger partial charge on any atom is 0.321 e. The Morgan fingerprint density at radius 3 is 2.44 bits per heavy atom. The van der Waals surface area contributed by atoms with Crippen molar-refractivity contribution in [2.45, 2.75) is 11.6 Å². The second kappa shape index (κ2) is 8.35. The summed E-state index contributed by atoms with van der Waals surface area (Å²) in [5.74, 6) is -0.391. The van der Waals surface area contributed by atoms with E-state index in [1.807, 2.05) is 4.90 Å². The van der Waals surface area contributed by atoms with Gasteiger partial charge in [0.25, 0.3) is 5.91 Å². The Bertz CT molecular complexity index is 1010. The number of likely N-dealkylation sites (tertiary alicyclic amines) is 1. The van der Waals surface area contributed by atoms with Crippen LogP contribution in [-0.4, -0.2) is 84.2 Å². The Morgan fingerprint density at radius 1 is 1.03 bits per heavy atom. The first-order chi connectivity index (χ1) is 15.4. The minimum Gasteiger partial charge on any atom is -0.378 e. The molecule has 0 aliphatic carbocycles. The lowest BCUT2D eigenvalue weighted by Gasteiger charge is -2.63. The fourth-order valence-electron chi connectivity index (χ4n) is 4.95. The molecule has 3 amide bonds. The number of rotatable bonds is 2. The zero-order valence-electron chi connectivity index (χ0n) is 17.5. The number of nitrogens with one attached hydrogen (secondary N) is 1. The summed E-state index contributed by atoms with van der Waals surface area (Å²) in [5.41, 5.74) is 0.847. The van der Waals surface area contributed by atoms with Gasteiger partial charge in [0.15, 0.2) is 0 Å². The van der Waals surface area contributed by atoms with Crippen LogP contribution in [0.15, 0.2) is 48.5 Å². The number of hydrogen-bond acceptors (Lipinski definition) is 4. The summed E-state index contributed by atoms with van der Waals surface area (Å²) in [6.45, 7) is 4.15. The van der Waals surface area contributed by atoms with E-state index >= 15 is 0 Å². The molecule has 3 aliphatic heterocycles. The predicted octanol–water partition coefficient (Wildman–Crippen LogP) is 2.92. The van der Waals surface area contributed by atoms with E-state index in [4.69, 9.17) is 16.3 Å². The van der Waals surface area contributed by atoms with Crippen molar-refractivity contribution in [3.63, 3.8) is 0 Å². The second-order valence-electron chi connectivity index (χ2n) is 8.63. The Hall–Kier alpha value is -2.68. The number of carbonyl (C=O) groups is 2. The van der Waals surface area contributed by atoms with Crippen LogP contribution >= 0.6 is 11.6 Å². The Kier molecular flexibility index (Phi) is 5.53. The molecule has 0 radical (unpaired) electrons. The molecular weight excluding hydrogens is 435 g/mol. The molecule has 1 spiro atoms. The van der Waals surface area contributed by atoms with E-state index in [0.717, 1.165) is 6.54 Å². The van der Waals surface area contributed by atoms with Crippen molar-refractivity contribution in [1.29, 1.82) is 0 Å². The molecule has 2 aromatic carbocycles. The first kappa shape index (κ1) is 21.2. The van der Waals surface area contributed by atoms with Crippen LogP contribution in [0.25, 0.3) is 0 Å². The fraction of sp³-hybridized carbons (Fsp3) is 0.391. The standard InChI is InChI=1S/C23H24ClFN4O3/c24-17-3-1-16(2-4-17)21(30)27-11-20-12-32-10-9-29(20)23(13-27)14-28(15-23)22(31)26-19-7-5-18(25)6-8-19/h1-8,20H,9-15H2,(H,26,31)/t20-/m1/s1. The Morgan fingerprint density at radius 2 is 1.72 bits per heavy atom. The molecule has 3 heterocycles. The van der Waals surface area contributed by atoms with Crippen LogP contribution in [0.4, 0.5) is 14.9 Å². The van der Waals surface area contributed by atoms with Crippen LogP contribution in [-0.2, 0) is 4.74 Å². The molecular formula is C23H24ClFN4O3. The smallest absolute Gasteiger partial charge is 0.321 e. The van der Waals surface area contributed by atoms with Crippen LogP contribution in [0, 0.1) is 5.82 Å². The SMILES string of the molecule is O=C(Nc1ccc(F)cc1)N1CC2(C1)CN(C(=O)c1ccc(Cl)cc1)C[C@@H]1COCCN12. The third-order valence-corrected chi connectivity index (χ3v) is 6.74. The number of nitrogens with zero attached hydrogens (tertiary/aromatic N) is 3. The molecule has 1 N–H and O–H groups in total. The van der Waals surface area contributed by atoms with Gasteiger partial charge in [0.1, 0.15) is 5.82 Å². The van der Waals surface area contributed by atoms with Crippen LogP contribution in [0.2, 0.25) is 5.02 Å². The molecule has 3 fully saturated rings. The molecule has 32 heavy (non-hydrogen) atoms. The quantitative estimate of drug-likeness (QED) is 0.751. The highest BCUT2D eigenvalue weighted by Gasteiger charge is 2.56. The summed E-state index contributed by atoms with van der Waals surface area (Å²) in [7, 11) is 0. The van der Waals surface area contributed by atoms with E-state index in [1.54, 1.807) is 29.2 Å². The number of piperazine rings is 1. The molecule has 0 unspecified atom stereocenters. The zero-order chi connectivity index (χ0) is 22.3. The van der Waals surface area contributed by atoms with Crippen molar-refractivity contribution < 1.29 is 18.7 Å². The van der Waals surface area contributed by atoms with Gasteiger partial charge >= 0.3 is 6.03 Å². The van der Waals surface area contributed by atoms with Crippen LogP contribution in [0.1, 0.15) is 10.4 Å². The molecule has 0 saturated carbocycles. The summed E-state index contributed by atoms with van der Waals surface area (Å²) < 4.78 is 18.8. The van der Waals surface area contributed by atoms with Crippen LogP contribution < -0.4 is 5.32 Å². The lowest BCUT2D eigenvalue weighted by Crippen LogP contribution is -2.81. The minimum absolute atomic E-state index is 0.0412. The molecule has 1 atom stereocenters. The largest absolute Gasteiger partial charge is 0.378 e. The van der Waals surface area contributed by atoms with E-state index in [2.05, 4.69) is 10.2 Å². The van der Waals surface area contributed by atoms with Gasteiger partial charge in [-0.25, -0.2) is 9.18 Å². The number of ether oxygens (including phenoxy) is 1. The van der Waals surface area contributed by atoms with E-state index < -0.39 is 0 Å². The second-order valence-corrected chi connectivity index (χ2v) is 9.07. The van der Waals surface area contributed by atoms with Crippen LogP contribution in [0.3, 0.4) is 0 Å². The number of urea groups is 1. The molecule has 0 bridgehead atoms. The molecule has 7 nitrogen and oxygen atoms in total. The van der Waals surface area contributed by atoms with Gasteiger partial charge in [-0.15, -0.1) is 0 Å². The zero-order valence-corrected chi connectivity index (χ0v) is 18.2. The molecule has 168 valence electrons. The average Bonchev–Trinajstić information content (AvgIpc) is 2.78. The third kappa shape index (κ3) is 3.94. The molecule has 3 saturated heterocycles. The number of benzene rings is 2. The predicted molar refractivity (Wildman–Crippen MR) is 118 cm³/mol. The van der Waals surface area contributed by atoms with Gasteiger partial charge in [-0.05, 0) is 48.5 Å². The summed E-state index contributed by atoms with van der Waals surface area (Å²) in [6.07, 6.45) is 0. The van der Waals surface area contributed by atoms with Crippen molar-refractivity contribution in [2.24, 2.45) is 0 Å². The van der Waals surface area contributed by atoms with Gasteiger partial charge in [-0.3, -0.25) is 9.69 Å². The van der Waals surface area contributed by atoms with Gasteiger partial charge in [0.05, 0.1) is 24.8 Å². The normalized spacial score (nSPS) is 22.2. The number of morpholine rings is 1. The molecule has 5 rings (SSSR count). The van der Waals surface area contributed by atoms with Crippen molar-refractivity contribution in [3.8, 4) is 0 Å². The van der Waals surface area contributed by atoms with Crippen LogP contribution in [0.5, 0.6) is 0 Å². The lowest BCUT2D eigenvalue weighted by atomic mass is 9.82. The molecule has 9 heteroatoms. The van der Waals surface area contributed by atoms with Gasteiger partial charge in [0, 0.05) is 49.0 Å². The number of fused-ring (bicyclic) bond motifs is 2. The highest BCUT2D eigenvalue weighted by molar-refractivity contribution is 6.30. The maximum absolute atomic E-state index is 13.2. The maximum atomic E-state index is 13.2. The van der Waals surface area contributed by atoms with Gasteiger partial charge in [0.2, 0.25) is 0 Å². The van der Waals surface area contributed by atoms with Gasteiger partial charge in [-0.1, -0.05) is 11.6 Å². The minimum atomic E-state index is -0.350. The third-order valence-electron chi connectivity index (χ3n) is 6.48. The molecule has 3 aliphatic rings. The van der Waals surface area contributed by atoms with Crippen molar-refractivity contribution >= 4 is 29.2 Å². The number of anilines is 1.